The highest BCUT2D eigenvalue weighted by atomic mass is 32.2. The number of benzene rings is 1. The Morgan fingerprint density at radius 2 is 1.96 bits per heavy atom. The number of hydrogen-bond acceptors (Lipinski definition) is 5. The number of anilines is 1. The number of carbonyl (C=O) groups excluding carboxylic acids is 1. The minimum Gasteiger partial charge on any atom is -0.396 e. The van der Waals surface area contributed by atoms with E-state index in [1.165, 1.54) is 17.3 Å². The molecule has 1 aromatic carbocycles. The number of carbonyl (C=O) groups is 1. The average Bonchev–Trinajstić information content (AvgIpc) is 3.12. The van der Waals surface area contributed by atoms with E-state index in [4.69, 9.17) is 5.11 Å². The molecule has 1 aliphatic rings. The van der Waals surface area contributed by atoms with Gasteiger partial charge in [-0.25, -0.2) is 4.79 Å². The van der Waals surface area contributed by atoms with Crippen LogP contribution in [-0.4, -0.2) is 32.9 Å². The standard InChI is InChI=1S/C21H27N3O3S/c1-13-10-14(2)19(15(3)11-13)22-18(26)12-28-20-16-6-4-7-17(16)24(8-5-9-25)21(27)23-20/h10-11,25H,4-9,12H2,1-3H3,(H,22,26). The van der Waals surface area contributed by atoms with Gasteiger partial charge in [-0.15, -0.1) is 0 Å². The van der Waals surface area contributed by atoms with Gasteiger partial charge in [-0.3, -0.25) is 9.36 Å². The molecule has 2 N–H and O–H groups in total. The number of fused-ring (bicyclic) bond motifs is 1. The predicted octanol–water partition coefficient (Wildman–Crippen LogP) is 2.77. The van der Waals surface area contributed by atoms with E-state index in [2.05, 4.69) is 22.4 Å². The summed E-state index contributed by atoms with van der Waals surface area (Å²) < 4.78 is 1.68. The molecule has 0 aliphatic heterocycles. The predicted molar refractivity (Wildman–Crippen MR) is 112 cm³/mol. The van der Waals surface area contributed by atoms with E-state index in [-0.39, 0.29) is 24.0 Å². The Hall–Kier alpha value is -2.12. The molecule has 1 aromatic heterocycles. The maximum absolute atomic E-state index is 12.5. The minimum absolute atomic E-state index is 0.0513. The molecule has 0 atom stereocenters. The van der Waals surface area contributed by atoms with Crippen LogP contribution in [0.5, 0.6) is 0 Å². The molecular weight excluding hydrogens is 374 g/mol. The lowest BCUT2D eigenvalue weighted by atomic mass is 10.1. The van der Waals surface area contributed by atoms with Crippen molar-refractivity contribution in [1.82, 2.24) is 9.55 Å². The SMILES string of the molecule is Cc1cc(C)c(NC(=O)CSc2nc(=O)n(CCCO)c3c2CCC3)c(C)c1. The first-order valence-electron chi connectivity index (χ1n) is 9.64. The Morgan fingerprint density at radius 3 is 2.64 bits per heavy atom. The van der Waals surface area contributed by atoms with Crippen molar-refractivity contribution in [2.24, 2.45) is 0 Å². The van der Waals surface area contributed by atoms with Crippen LogP contribution in [0.4, 0.5) is 5.69 Å². The summed E-state index contributed by atoms with van der Waals surface area (Å²) in [5, 5.41) is 12.7. The smallest absolute Gasteiger partial charge is 0.348 e. The fourth-order valence-corrected chi connectivity index (χ4v) is 4.73. The molecule has 3 rings (SSSR count). The van der Waals surface area contributed by atoms with Gasteiger partial charge in [0.1, 0.15) is 5.03 Å². The number of nitrogens with one attached hydrogen (secondary N) is 1. The Labute approximate surface area is 169 Å². The zero-order chi connectivity index (χ0) is 20.3. The van der Waals surface area contributed by atoms with Gasteiger partial charge in [0.05, 0.1) is 5.75 Å². The number of aromatic nitrogens is 2. The number of thioether (sulfide) groups is 1. The summed E-state index contributed by atoms with van der Waals surface area (Å²) in [5.41, 5.74) is 5.92. The molecule has 0 fully saturated rings. The van der Waals surface area contributed by atoms with Gasteiger partial charge in [0.15, 0.2) is 0 Å². The second-order valence-electron chi connectivity index (χ2n) is 7.32. The van der Waals surface area contributed by atoms with Crippen LogP contribution in [0, 0.1) is 20.8 Å². The van der Waals surface area contributed by atoms with Crippen molar-refractivity contribution in [3.63, 3.8) is 0 Å². The fraction of sp³-hybridized carbons (Fsp3) is 0.476. The van der Waals surface area contributed by atoms with Crippen molar-refractivity contribution in [2.45, 2.75) is 58.0 Å². The molecule has 6 nitrogen and oxygen atoms in total. The summed E-state index contributed by atoms with van der Waals surface area (Å²) in [6.07, 6.45) is 3.25. The van der Waals surface area contributed by atoms with Gasteiger partial charge in [-0.1, -0.05) is 29.5 Å². The van der Waals surface area contributed by atoms with Gasteiger partial charge in [0.25, 0.3) is 0 Å². The lowest BCUT2D eigenvalue weighted by molar-refractivity contribution is -0.113. The Bertz CT molecular complexity index is 930. The number of aliphatic hydroxyl groups excluding tert-OH is 1. The summed E-state index contributed by atoms with van der Waals surface area (Å²) in [7, 11) is 0. The summed E-state index contributed by atoms with van der Waals surface area (Å²) in [5.74, 6) is 0.116. The molecule has 0 spiro atoms. The first-order valence-corrected chi connectivity index (χ1v) is 10.6. The van der Waals surface area contributed by atoms with E-state index in [9.17, 15) is 9.59 Å². The van der Waals surface area contributed by atoms with Crippen molar-refractivity contribution in [1.29, 1.82) is 0 Å². The third-order valence-electron chi connectivity index (χ3n) is 5.02. The van der Waals surface area contributed by atoms with Gasteiger partial charge in [0.2, 0.25) is 5.91 Å². The van der Waals surface area contributed by atoms with Crippen LogP contribution in [0.25, 0.3) is 0 Å². The molecule has 0 saturated carbocycles. The highest BCUT2D eigenvalue weighted by Gasteiger charge is 2.22. The molecule has 1 aliphatic carbocycles. The monoisotopic (exact) mass is 401 g/mol. The quantitative estimate of drug-likeness (QED) is 0.551. The maximum atomic E-state index is 12.5. The molecule has 1 heterocycles. The van der Waals surface area contributed by atoms with Crippen molar-refractivity contribution >= 4 is 23.4 Å². The van der Waals surface area contributed by atoms with Crippen LogP contribution in [0.3, 0.4) is 0 Å². The highest BCUT2D eigenvalue weighted by molar-refractivity contribution is 8.00. The molecule has 1 amide bonds. The van der Waals surface area contributed by atoms with Crippen molar-refractivity contribution in [3.05, 3.63) is 50.6 Å². The molecule has 7 heteroatoms. The normalized spacial score (nSPS) is 12.9. The number of aliphatic hydroxyl groups is 1. The second-order valence-corrected chi connectivity index (χ2v) is 8.28. The first-order chi connectivity index (χ1) is 13.4. The molecule has 0 bridgehead atoms. The first kappa shape index (κ1) is 20.6. The number of nitrogens with zero attached hydrogens (tertiary/aromatic N) is 2. The summed E-state index contributed by atoms with van der Waals surface area (Å²) >= 11 is 1.33. The largest absolute Gasteiger partial charge is 0.396 e. The number of hydrogen-bond donors (Lipinski definition) is 2. The highest BCUT2D eigenvalue weighted by Crippen LogP contribution is 2.29. The summed E-state index contributed by atoms with van der Waals surface area (Å²) in [6.45, 7) is 6.56. The van der Waals surface area contributed by atoms with E-state index < -0.39 is 0 Å². The molecule has 0 saturated heterocycles. The van der Waals surface area contributed by atoms with Crippen LogP contribution in [0.1, 0.15) is 40.8 Å². The van der Waals surface area contributed by atoms with E-state index in [1.807, 2.05) is 20.8 Å². The average molecular weight is 402 g/mol. The van der Waals surface area contributed by atoms with E-state index >= 15 is 0 Å². The van der Waals surface area contributed by atoms with Crippen LogP contribution < -0.4 is 11.0 Å². The molecule has 0 radical (unpaired) electrons. The minimum atomic E-state index is -0.290. The number of amides is 1. The van der Waals surface area contributed by atoms with Crippen LogP contribution >= 0.6 is 11.8 Å². The molecule has 2 aromatic rings. The Balaban J connectivity index is 1.73. The third-order valence-corrected chi connectivity index (χ3v) is 6.04. The van der Waals surface area contributed by atoms with Gasteiger partial charge in [-0.2, -0.15) is 4.98 Å². The molecule has 0 unspecified atom stereocenters. The van der Waals surface area contributed by atoms with Crippen LogP contribution in [0.2, 0.25) is 0 Å². The maximum Gasteiger partial charge on any atom is 0.348 e. The molecule has 150 valence electrons. The third kappa shape index (κ3) is 4.47. The fourth-order valence-electron chi connectivity index (χ4n) is 3.85. The zero-order valence-corrected chi connectivity index (χ0v) is 17.5. The Morgan fingerprint density at radius 1 is 1.25 bits per heavy atom. The van der Waals surface area contributed by atoms with E-state index in [1.54, 1.807) is 4.57 Å². The Kier molecular flexibility index (Phi) is 6.57. The topological polar surface area (TPSA) is 84.2 Å². The van der Waals surface area contributed by atoms with Crippen LogP contribution in [0.15, 0.2) is 22.0 Å². The van der Waals surface area contributed by atoms with E-state index in [0.29, 0.717) is 18.0 Å². The van der Waals surface area contributed by atoms with E-state index in [0.717, 1.165) is 47.3 Å². The van der Waals surface area contributed by atoms with Gasteiger partial charge in [0, 0.05) is 30.1 Å². The van der Waals surface area contributed by atoms with Gasteiger partial charge >= 0.3 is 5.69 Å². The summed E-state index contributed by atoms with van der Waals surface area (Å²) in [6, 6.07) is 4.10. The molecule has 28 heavy (non-hydrogen) atoms. The lowest BCUT2D eigenvalue weighted by Crippen LogP contribution is -2.28. The van der Waals surface area contributed by atoms with Gasteiger partial charge < -0.3 is 10.4 Å². The number of rotatable bonds is 7. The number of aryl methyl sites for hydroxylation is 3. The molecular formula is C21H27N3O3S. The van der Waals surface area contributed by atoms with Crippen molar-refractivity contribution in [3.8, 4) is 0 Å². The van der Waals surface area contributed by atoms with Crippen molar-refractivity contribution in [2.75, 3.05) is 17.7 Å². The van der Waals surface area contributed by atoms with Crippen molar-refractivity contribution < 1.29 is 9.90 Å². The second kappa shape index (κ2) is 8.92. The zero-order valence-electron chi connectivity index (χ0n) is 16.7. The van der Waals surface area contributed by atoms with Gasteiger partial charge in [-0.05, 0) is 57.6 Å². The summed E-state index contributed by atoms with van der Waals surface area (Å²) in [4.78, 5) is 29.1. The van der Waals surface area contributed by atoms with Crippen LogP contribution in [-0.2, 0) is 24.2 Å². The lowest BCUT2D eigenvalue weighted by Gasteiger charge is -2.15.